The number of hydrogen-bond donors (Lipinski definition) is 2. The van der Waals surface area contributed by atoms with Crippen LogP contribution in [0.15, 0.2) is 22.7 Å². The van der Waals surface area contributed by atoms with E-state index in [9.17, 15) is 14.7 Å². The Morgan fingerprint density at radius 1 is 1.48 bits per heavy atom. The molecule has 0 saturated carbocycles. The number of nitrogens with zero attached hydrogens (tertiary/aromatic N) is 1. The number of carboxylic acids is 1. The molecule has 0 aromatic heterocycles. The SMILES string of the molecule is CC1(C(=O)O)CCCN(C(=O)Nc2ccc(Cl)cc2Br)C1. The summed E-state index contributed by atoms with van der Waals surface area (Å²) in [6.45, 7) is 2.44. The van der Waals surface area contributed by atoms with Crippen LogP contribution in [0.25, 0.3) is 0 Å². The average Bonchev–Trinajstić information content (AvgIpc) is 2.41. The van der Waals surface area contributed by atoms with Gasteiger partial charge in [-0.3, -0.25) is 4.79 Å². The topological polar surface area (TPSA) is 69.6 Å². The number of rotatable bonds is 2. The molecule has 2 amide bonds. The van der Waals surface area contributed by atoms with E-state index >= 15 is 0 Å². The Morgan fingerprint density at radius 2 is 2.19 bits per heavy atom. The fourth-order valence-corrected chi connectivity index (χ4v) is 3.15. The molecule has 1 aromatic carbocycles. The first kappa shape index (κ1) is 16.1. The van der Waals surface area contributed by atoms with Crippen LogP contribution in [0.3, 0.4) is 0 Å². The van der Waals surface area contributed by atoms with Crippen LogP contribution in [0.4, 0.5) is 10.5 Å². The molecule has 2 rings (SSSR count). The Bertz CT molecular complexity index is 581. The van der Waals surface area contributed by atoms with Gasteiger partial charge in [-0.15, -0.1) is 0 Å². The number of hydrogen-bond acceptors (Lipinski definition) is 2. The maximum Gasteiger partial charge on any atom is 0.321 e. The summed E-state index contributed by atoms with van der Waals surface area (Å²) in [7, 11) is 0. The Balaban J connectivity index is 2.08. The highest BCUT2D eigenvalue weighted by Crippen LogP contribution is 2.31. The van der Waals surface area contributed by atoms with E-state index in [2.05, 4.69) is 21.2 Å². The summed E-state index contributed by atoms with van der Waals surface area (Å²) in [4.78, 5) is 25.1. The second-order valence-corrected chi connectivity index (χ2v) is 6.74. The third-order valence-electron chi connectivity index (χ3n) is 3.67. The van der Waals surface area contributed by atoms with Gasteiger partial charge in [0, 0.05) is 22.6 Å². The molecule has 1 atom stereocenters. The van der Waals surface area contributed by atoms with Gasteiger partial charge in [0.25, 0.3) is 0 Å². The molecule has 0 aliphatic carbocycles. The van der Waals surface area contributed by atoms with Gasteiger partial charge in [-0.25, -0.2) is 4.79 Å². The molecule has 21 heavy (non-hydrogen) atoms. The molecule has 1 fully saturated rings. The van der Waals surface area contributed by atoms with Crippen molar-refractivity contribution in [3.63, 3.8) is 0 Å². The molecule has 7 heteroatoms. The van der Waals surface area contributed by atoms with E-state index in [0.29, 0.717) is 34.6 Å². The molecule has 114 valence electrons. The molecular weight excluding hydrogens is 360 g/mol. The lowest BCUT2D eigenvalue weighted by atomic mass is 9.82. The van der Waals surface area contributed by atoms with Gasteiger partial charge >= 0.3 is 12.0 Å². The third-order valence-corrected chi connectivity index (χ3v) is 4.56. The number of anilines is 1. The van der Waals surface area contributed by atoms with E-state index in [1.54, 1.807) is 30.0 Å². The highest BCUT2D eigenvalue weighted by Gasteiger charge is 2.39. The Hall–Kier alpha value is -1.27. The number of carbonyl (C=O) groups is 2. The summed E-state index contributed by atoms with van der Waals surface area (Å²) in [5.74, 6) is -0.868. The minimum atomic E-state index is -0.882. The van der Waals surface area contributed by atoms with Crippen LogP contribution in [0.2, 0.25) is 5.02 Å². The minimum Gasteiger partial charge on any atom is -0.481 e. The lowest BCUT2D eigenvalue weighted by Crippen LogP contribution is -2.49. The van der Waals surface area contributed by atoms with Crippen molar-refractivity contribution in [1.82, 2.24) is 4.90 Å². The Morgan fingerprint density at radius 3 is 2.81 bits per heavy atom. The van der Waals surface area contributed by atoms with E-state index in [1.807, 2.05) is 0 Å². The van der Waals surface area contributed by atoms with Gasteiger partial charge in [-0.1, -0.05) is 11.6 Å². The fourth-order valence-electron chi connectivity index (χ4n) is 2.37. The van der Waals surface area contributed by atoms with Crippen molar-refractivity contribution in [3.05, 3.63) is 27.7 Å². The standard InChI is InChI=1S/C14H16BrClN2O3/c1-14(12(19)20)5-2-6-18(8-14)13(21)17-11-4-3-9(16)7-10(11)15/h3-4,7H,2,5-6,8H2,1H3,(H,17,21)(H,19,20). The van der Waals surface area contributed by atoms with Gasteiger partial charge < -0.3 is 15.3 Å². The predicted molar refractivity (Wildman–Crippen MR) is 84.7 cm³/mol. The molecule has 5 nitrogen and oxygen atoms in total. The number of urea groups is 1. The number of benzene rings is 1. The zero-order valence-electron chi connectivity index (χ0n) is 11.5. The van der Waals surface area contributed by atoms with Crippen molar-refractivity contribution in [2.24, 2.45) is 5.41 Å². The van der Waals surface area contributed by atoms with Gasteiger partial charge in [-0.05, 0) is 53.9 Å². The number of piperidine rings is 1. The third kappa shape index (κ3) is 3.68. The molecule has 0 bridgehead atoms. The van der Waals surface area contributed by atoms with Crippen LogP contribution < -0.4 is 5.32 Å². The van der Waals surface area contributed by atoms with Crippen molar-refractivity contribution in [3.8, 4) is 0 Å². The van der Waals surface area contributed by atoms with Crippen LogP contribution in [-0.4, -0.2) is 35.1 Å². The molecule has 2 N–H and O–H groups in total. The molecule has 0 spiro atoms. The lowest BCUT2D eigenvalue weighted by Gasteiger charge is -2.37. The first-order valence-electron chi connectivity index (χ1n) is 6.56. The van der Waals surface area contributed by atoms with Gasteiger partial charge in [0.2, 0.25) is 0 Å². The van der Waals surface area contributed by atoms with Crippen molar-refractivity contribution in [1.29, 1.82) is 0 Å². The van der Waals surface area contributed by atoms with Crippen LogP contribution in [0, 0.1) is 5.41 Å². The van der Waals surface area contributed by atoms with Crippen LogP contribution in [0.1, 0.15) is 19.8 Å². The number of nitrogens with one attached hydrogen (secondary N) is 1. The zero-order valence-corrected chi connectivity index (χ0v) is 13.9. The molecule has 1 heterocycles. The van der Waals surface area contributed by atoms with E-state index in [0.717, 1.165) is 0 Å². The molecule has 1 aliphatic rings. The maximum atomic E-state index is 12.3. The second kappa shape index (κ2) is 6.23. The Labute approximate surface area is 136 Å². The number of aliphatic carboxylic acids is 1. The van der Waals surface area contributed by atoms with E-state index < -0.39 is 11.4 Å². The summed E-state index contributed by atoms with van der Waals surface area (Å²) >= 11 is 9.19. The molecule has 1 unspecified atom stereocenters. The summed E-state index contributed by atoms with van der Waals surface area (Å²) in [6.07, 6.45) is 1.26. The minimum absolute atomic E-state index is 0.208. The predicted octanol–water partition coefficient (Wildman–Crippen LogP) is 3.82. The van der Waals surface area contributed by atoms with Crippen molar-refractivity contribution in [2.75, 3.05) is 18.4 Å². The Kier molecular flexibility index (Phi) is 4.78. The highest BCUT2D eigenvalue weighted by atomic mass is 79.9. The molecule has 0 radical (unpaired) electrons. The van der Waals surface area contributed by atoms with Gasteiger partial charge in [0.05, 0.1) is 11.1 Å². The monoisotopic (exact) mass is 374 g/mol. The van der Waals surface area contributed by atoms with Gasteiger partial charge in [-0.2, -0.15) is 0 Å². The molecular formula is C14H16BrClN2O3. The van der Waals surface area contributed by atoms with E-state index in [-0.39, 0.29) is 12.6 Å². The molecule has 1 aromatic rings. The maximum absolute atomic E-state index is 12.3. The number of halogens is 2. The largest absolute Gasteiger partial charge is 0.481 e. The highest BCUT2D eigenvalue weighted by molar-refractivity contribution is 9.10. The second-order valence-electron chi connectivity index (χ2n) is 5.45. The summed E-state index contributed by atoms with van der Waals surface area (Å²) < 4.78 is 0.682. The van der Waals surface area contributed by atoms with Crippen LogP contribution >= 0.6 is 27.5 Å². The summed E-state index contributed by atoms with van der Waals surface area (Å²) in [5, 5.41) is 12.6. The number of likely N-dealkylation sites (tertiary alicyclic amines) is 1. The van der Waals surface area contributed by atoms with Crippen molar-refractivity contribution < 1.29 is 14.7 Å². The first-order valence-corrected chi connectivity index (χ1v) is 7.73. The zero-order chi connectivity index (χ0) is 15.6. The quantitative estimate of drug-likeness (QED) is 0.825. The molecule has 1 saturated heterocycles. The lowest BCUT2D eigenvalue weighted by molar-refractivity contribution is -0.150. The molecule has 1 aliphatic heterocycles. The number of carboxylic acid groups (broad SMARTS) is 1. The fraction of sp³-hybridized carbons (Fsp3) is 0.429. The van der Waals surface area contributed by atoms with Crippen LogP contribution in [0.5, 0.6) is 0 Å². The normalized spacial score (nSPS) is 22.0. The first-order chi connectivity index (χ1) is 9.82. The van der Waals surface area contributed by atoms with E-state index in [1.165, 1.54) is 0 Å². The number of carbonyl (C=O) groups excluding carboxylic acids is 1. The average molecular weight is 376 g/mol. The van der Waals surface area contributed by atoms with Gasteiger partial charge in [0.1, 0.15) is 0 Å². The summed E-state index contributed by atoms with van der Waals surface area (Å²) in [6, 6.07) is 4.77. The van der Waals surface area contributed by atoms with Crippen molar-refractivity contribution in [2.45, 2.75) is 19.8 Å². The smallest absolute Gasteiger partial charge is 0.321 e. The van der Waals surface area contributed by atoms with Crippen molar-refractivity contribution >= 4 is 45.2 Å². The van der Waals surface area contributed by atoms with Gasteiger partial charge in [0.15, 0.2) is 0 Å². The van der Waals surface area contributed by atoms with Crippen LogP contribution in [-0.2, 0) is 4.79 Å². The number of amides is 2. The summed E-state index contributed by atoms with van der Waals surface area (Å²) in [5.41, 5.74) is -0.278. The van der Waals surface area contributed by atoms with E-state index in [4.69, 9.17) is 11.6 Å².